The van der Waals surface area contributed by atoms with E-state index < -0.39 is 0 Å². The maximum Gasteiger partial charge on any atom is 0.244 e. The zero-order valence-corrected chi connectivity index (χ0v) is 15.5. The van der Waals surface area contributed by atoms with Gasteiger partial charge in [0.1, 0.15) is 13.2 Å². The molecule has 1 aliphatic heterocycles. The molecule has 0 aliphatic carbocycles. The highest BCUT2D eigenvalue weighted by atomic mass is 32.1. The Kier molecular flexibility index (Phi) is 5.94. The van der Waals surface area contributed by atoms with Gasteiger partial charge in [-0.05, 0) is 43.5 Å². The lowest BCUT2D eigenvalue weighted by Crippen LogP contribution is -2.45. The van der Waals surface area contributed by atoms with Gasteiger partial charge in [0.2, 0.25) is 5.91 Å². The van der Waals surface area contributed by atoms with Gasteiger partial charge in [-0.2, -0.15) is 0 Å². The van der Waals surface area contributed by atoms with Gasteiger partial charge in [-0.3, -0.25) is 4.79 Å². The van der Waals surface area contributed by atoms with Crippen LogP contribution in [0.5, 0.6) is 11.5 Å². The molecule has 134 valence electrons. The summed E-state index contributed by atoms with van der Waals surface area (Å²) < 4.78 is 11.3. The highest BCUT2D eigenvalue weighted by Crippen LogP contribution is 2.34. The molecule has 5 nitrogen and oxygen atoms in total. The Morgan fingerprint density at radius 2 is 2.08 bits per heavy atom. The maximum atomic E-state index is 13.0. The van der Waals surface area contributed by atoms with Crippen molar-refractivity contribution in [2.24, 2.45) is 0 Å². The minimum Gasteiger partial charge on any atom is -0.486 e. The Hall–Kier alpha value is -2.05. The molecule has 0 radical (unpaired) electrons. The first kappa shape index (κ1) is 17.8. The molecule has 6 heteroatoms. The first-order valence-electron chi connectivity index (χ1n) is 8.66. The van der Waals surface area contributed by atoms with Crippen molar-refractivity contribution >= 4 is 22.9 Å². The summed E-state index contributed by atoms with van der Waals surface area (Å²) in [4.78, 5) is 16.0. The third-order valence-electron chi connectivity index (χ3n) is 4.07. The third kappa shape index (κ3) is 4.32. The summed E-state index contributed by atoms with van der Waals surface area (Å²) in [6.07, 6.45) is 0.993. The van der Waals surface area contributed by atoms with Crippen LogP contribution in [0.3, 0.4) is 0 Å². The number of amides is 1. The Morgan fingerprint density at radius 3 is 2.80 bits per heavy atom. The fourth-order valence-electron chi connectivity index (χ4n) is 2.74. The predicted molar refractivity (Wildman–Crippen MR) is 101 cm³/mol. The fourth-order valence-corrected chi connectivity index (χ4v) is 3.43. The van der Waals surface area contributed by atoms with Crippen LogP contribution in [0.4, 0.5) is 5.69 Å². The number of hydrogen-bond acceptors (Lipinski definition) is 5. The van der Waals surface area contributed by atoms with Crippen molar-refractivity contribution < 1.29 is 14.3 Å². The lowest BCUT2D eigenvalue weighted by atomic mass is 10.2. The van der Waals surface area contributed by atoms with Gasteiger partial charge in [0.05, 0.1) is 12.6 Å². The van der Waals surface area contributed by atoms with Crippen molar-refractivity contribution in [2.45, 2.75) is 32.9 Å². The molecule has 2 heterocycles. The number of thiophene rings is 1. The fraction of sp³-hybridized carbons (Fsp3) is 0.421. The molecule has 0 spiro atoms. The second-order valence-electron chi connectivity index (χ2n) is 6.01. The molecule has 1 aromatic carbocycles. The minimum atomic E-state index is -0.242. The average molecular weight is 360 g/mol. The molecule has 0 saturated carbocycles. The molecule has 2 aromatic rings. The summed E-state index contributed by atoms with van der Waals surface area (Å²) in [6, 6.07) is 9.51. The maximum absolute atomic E-state index is 13.0. The van der Waals surface area contributed by atoms with Crippen LogP contribution in [-0.2, 0) is 11.3 Å². The molecule has 3 rings (SSSR count). The van der Waals surface area contributed by atoms with Gasteiger partial charge in [-0.1, -0.05) is 13.0 Å². The molecule has 1 unspecified atom stereocenters. The number of anilines is 1. The number of nitrogens with one attached hydrogen (secondary N) is 1. The van der Waals surface area contributed by atoms with E-state index in [1.807, 2.05) is 47.5 Å². The van der Waals surface area contributed by atoms with Crippen LogP contribution in [0.1, 0.15) is 25.1 Å². The molecular formula is C19H24N2O3S. The second kappa shape index (κ2) is 8.36. The Morgan fingerprint density at radius 1 is 1.28 bits per heavy atom. The molecule has 1 amide bonds. The number of carbonyl (C=O) groups is 1. The summed E-state index contributed by atoms with van der Waals surface area (Å²) in [5.41, 5.74) is 0.827. The van der Waals surface area contributed by atoms with Crippen molar-refractivity contribution in [3.8, 4) is 11.5 Å². The SMILES string of the molecule is CCCNC(C)C(=O)N(Cc1cccs1)c1ccc2c(c1)OCCO2. The van der Waals surface area contributed by atoms with E-state index in [0.29, 0.717) is 25.5 Å². The van der Waals surface area contributed by atoms with Crippen LogP contribution in [0, 0.1) is 0 Å². The number of hydrogen-bond donors (Lipinski definition) is 1. The van der Waals surface area contributed by atoms with Crippen molar-refractivity contribution in [3.05, 3.63) is 40.6 Å². The van der Waals surface area contributed by atoms with Gasteiger partial charge in [0, 0.05) is 16.6 Å². The molecule has 0 saturated heterocycles. The topological polar surface area (TPSA) is 50.8 Å². The van der Waals surface area contributed by atoms with Crippen LogP contribution in [0.15, 0.2) is 35.7 Å². The summed E-state index contributed by atoms with van der Waals surface area (Å²) >= 11 is 1.65. The van der Waals surface area contributed by atoms with E-state index in [1.54, 1.807) is 11.3 Å². The van der Waals surface area contributed by atoms with Gasteiger partial charge >= 0.3 is 0 Å². The number of ether oxygens (including phenoxy) is 2. The van der Waals surface area contributed by atoms with Crippen LogP contribution in [0.25, 0.3) is 0 Å². The summed E-state index contributed by atoms with van der Waals surface area (Å²) in [5.74, 6) is 1.48. The van der Waals surface area contributed by atoms with Gasteiger partial charge in [0.25, 0.3) is 0 Å². The highest BCUT2D eigenvalue weighted by Gasteiger charge is 2.24. The molecule has 0 fully saturated rings. The molecular weight excluding hydrogens is 336 g/mol. The Bertz CT molecular complexity index is 703. The number of benzene rings is 1. The number of carbonyl (C=O) groups excluding carboxylic acids is 1. The standard InChI is InChI=1S/C19H24N2O3S/c1-3-8-20-14(2)19(22)21(13-16-5-4-11-25-16)15-6-7-17-18(12-15)24-10-9-23-17/h4-7,11-12,14,20H,3,8-10,13H2,1-2H3. The zero-order chi connectivity index (χ0) is 17.6. The van der Waals surface area contributed by atoms with E-state index in [-0.39, 0.29) is 11.9 Å². The number of fused-ring (bicyclic) bond motifs is 1. The summed E-state index contributed by atoms with van der Waals surface area (Å²) in [6.45, 7) is 6.47. The molecule has 1 atom stereocenters. The lowest BCUT2D eigenvalue weighted by molar-refractivity contribution is -0.120. The average Bonchev–Trinajstić information content (AvgIpc) is 3.16. The van der Waals surface area contributed by atoms with E-state index in [4.69, 9.17) is 9.47 Å². The summed E-state index contributed by atoms with van der Waals surface area (Å²) in [7, 11) is 0. The Balaban J connectivity index is 1.86. The van der Waals surface area contributed by atoms with E-state index in [0.717, 1.165) is 29.3 Å². The van der Waals surface area contributed by atoms with E-state index in [2.05, 4.69) is 12.2 Å². The van der Waals surface area contributed by atoms with Crippen molar-refractivity contribution in [2.75, 3.05) is 24.7 Å². The number of nitrogens with zero attached hydrogens (tertiary/aromatic N) is 1. The first-order chi connectivity index (χ1) is 12.2. The van der Waals surface area contributed by atoms with Gasteiger partial charge in [-0.25, -0.2) is 0 Å². The van der Waals surface area contributed by atoms with E-state index >= 15 is 0 Å². The van der Waals surface area contributed by atoms with Crippen LogP contribution >= 0.6 is 11.3 Å². The molecule has 25 heavy (non-hydrogen) atoms. The minimum absolute atomic E-state index is 0.0542. The monoisotopic (exact) mass is 360 g/mol. The summed E-state index contributed by atoms with van der Waals surface area (Å²) in [5, 5.41) is 5.31. The third-order valence-corrected chi connectivity index (χ3v) is 4.93. The van der Waals surface area contributed by atoms with Crippen LogP contribution in [0.2, 0.25) is 0 Å². The second-order valence-corrected chi connectivity index (χ2v) is 7.04. The van der Waals surface area contributed by atoms with E-state index in [1.165, 1.54) is 0 Å². The molecule has 1 N–H and O–H groups in total. The van der Waals surface area contributed by atoms with Gasteiger partial charge < -0.3 is 19.7 Å². The van der Waals surface area contributed by atoms with Crippen LogP contribution < -0.4 is 19.7 Å². The quantitative estimate of drug-likeness (QED) is 0.822. The molecule has 1 aliphatic rings. The van der Waals surface area contributed by atoms with Crippen molar-refractivity contribution in [1.82, 2.24) is 5.32 Å². The van der Waals surface area contributed by atoms with Gasteiger partial charge in [-0.15, -0.1) is 11.3 Å². The first-order valence-corrected chi connectivity index (χ1v) is 9.53. The zero-order valence-electron chi connectivity index (χ0n) is 14.7. The van der Waals surface area contributed by atoms with Crippen molar-refractivity contribution in [1.29, 1.82) is 0 Å². The highest BCUT2D eigenvalue weighted by molar-refractivity contribution is 7.09. The Labute approximate surface area is 152 Å². The molecule has 1 aromatic heterocycles. The van der Waals surface area contributed by atoms with Gasteiger partial charge in [0.15, 0.2) is 11.5 Å². The largest absolute Gasteiger partial charge is 0.486 e. The predicted octanol–water partition coefficient (Wildman–Crippen LogP) is 3.44. The van der Waals surface area contributed by atoms with Crippen LogP contribution in [-0.4, -0.2) is 31.7 Å². The lowest BCUT2D eigenvalue weighted by Gasteiger charge is -2.27. The number of rotatable bonds is 7. The van der Waals surface area contributed by atoms with Crippen molar-refractivity contribution in [3.63, 3.8) is 0 Å². The normalized spacial score (nSPS) is 14.2. The van der Waals surface area contributed by atoms with E-state index in [9.17, 15) is 4.79 Å². The smallest absolute Gasteiger partial charge is 0.244 e. The molecule has 0 bridgehead atoms.